The number of hydrazine groups is 1. The van der Waals surface area contributed by atoms with Crippen molar-refractivity contribution >= 4 is 23.2 Å². The summed E-state index contributed by atoms with van der Waals surface area (Å²) in [6, 6.07) is 4.86. The molecular weight excluding hydrogens is 278 g/mol. The van der Waals surface area contributed by atoms with Crippen LogP contribution in [0, 0.1) is 0 Å². The Hall–Kier alpha value is -2.05. The topological polar surface area (TPSA) is 85.0 Å². The van der Waals surface area contributed by atoms with Crippen LogP contribution in [0.15, 0.2) is 36.9 Å². The van der Waals surface area contributed by atoms with E-state index in [0.717, 1.165) is 0 Å². The van der Waals surface area contributed by atoms with Gasteiger partial charge in [0.2, 0.25) is 0 Å². The van der Waals surface area contributed by atoms with Gasteiger partial charge in [-0.25, -0.2) is 4.98 Å². The third kappa shape index (κ3) is 3.49. The number of imidazole rings is 1. The zero-order valence-electron chi connectivity index (χ0n) is 11.0. The normalized spacial score (nSPS) is 11.9. The van der Waals surface area contributed by atoms with Crippen molar-refractivity contribution in [3.05, 3.63) is 47.5 Å². The van der Waals surface area contributed by atoms with Crippen molar-refractivity contribution in [1.29, 1.82) is 0 Å². The highest BCUT2D eigenvalue weighted by molar-refractivity contribution is 6.31. The van der Waals surface area contributed by atoms with Gasteiger partial charge in [-0.15, -0.1) is 0 Å². The first-order chi connectivity index (χ1) is 9.60. The van der Waals surface area contributed by atoms with E-state index in [9.17, 15) is 4.79 Å². The molecule has 1 unspecified atom stereocenters. The van der Waals surface area contributed by atoms with E-state index in [2.05, 4.69) is 15.7 Å². The number of hydrogen-bond donors (Lipinski definition) is 3. The number of hydrogen-bond acceptors (Lipinski definition) is 4. The van der Waals surface area contributed by atoms with Crippen LogP contribution in [-0.2, 0) is 6.54 Å². The van der Waals surface area contributed by atoms with Crippen molar-refractivity contribution in [3.8, 4) is 0 Å². The van der Waals surface area contributed by atoms with Gasteiger partial charge in [-0.3, -0.25) is 10.6 Å². The Bertz CT molecular complexity index is 584. The molecule has 1 atom stereocenters. The second-order valence-electron chi connectivity index (χ2n) is 4.47. The molecule has 1 amide bonds. The molecular formula is C13H16ClN5O. The van der Waals surface area contributed by atoms with Gasteiger partial charge in [0.1, 0.15) is 0 Å². The number of aromatic nitrogens is 2. The summed E-state index contributed by atoms with van der Waals surface area (Å²) in [6.07, 6.45) is 5.24. The van der Waals surface area contributed by atoms with Gasteiger partial charge in [-0.1, -0.05) is 11.6 Å². The van der Waals surface area contributed by atoms with Gasteiger partial charge in [0.15, 0.2) is 0 Å². The van der Waals surface area contributed by atoms with E-state index in [-0.39, 0.29) is 11.9 Å². The largest absolute Gasteiger partial charge is 0.348 e. The number of benzene rings is 1. The van der Waals surface area contributed by atoms with Crippen LogP contribution < -0.4 is 16.6 Å². The summed E-state index contributed by atoms with van der Waals surface area (Å²) < 4.78 is 1.89. The zero-order chi connectivity index (χ0) is 14.5. The van der Waals surface area contributed by atoms with Crippen LogP contribution in [0.1, 0.15) is 17.3 Å². The Morgan fingerprint density at radius 2 is 2.35 bits per heavy atom. The molecule has 0 aliphatic heterocycles. The highest BCUT2D eigenvalue weighted by atomic mass is 35.5. The van der Waals surface area contributed by atoms with Crippen LogP contribution in [-0.4, -0.2) is 21.5 Å². The Morgan fingerprint density at radius 1 is 1.55 bits per heavy atom. The summed E-state index contributed by atoms with van der Waals surface area (Å²) in [6.45, 7) is 2.55. The average molecular weight is 294 g/mol. The third-order valence-corrected chi connectivity index (χ3v) is 3.04. The molecule has 0 saturated heterocycles. The molecule has 0 saturated carbocycles. The Labute approximate surface area is 121 Å². The maximum Gasteiger partial charge on any atom is 0.253 e. The first-order valence-corrected chi connectivity index (χ1v) is 6.50. The standard InChI is InChI=1S/C13H16ClN5O/c1-9(7-19-5-4-16-8-19)17-13(20)11-6-10(14)2-3-12(11)18-15/h2-6,8-9,18H,7,15H2,1H3,(H,17,20). The predicted octanol–water partition coefficient (Wildman–Crippen LogP) is 1.64. The zero-order valence-corrected chi connectivity index (χ0v) is 11.8. The number of rotatable bonds is 5. The van der Waals surface area contributed by atoms with Crippen molar-refractivity contribution in [3.63, 3.8) is 0 Å². The highest BCUT2D eigenvalue weighted by Gasteiger charge is 2.14. The second kappa shape index (κ2) is 6.40. The van der Waals surface area contributed by atoms with E-state index < -0.39 is 0 Å². The number of halogens is 1. The van der Waals surface area contributed by atoms with Gasteiger partial charge < -0.3 is 15.3 Å². The lowest BCUT2D eigenvalue weighted by Crippen LogP contribution is -2.36. The number of amides is 1. The fraction of sp³-hybridized carbons (Fsp3) is 0.231. The van der Waals surface area contributed by atoms with Gasteiger partial charge in [0, 0.05) is 30.0 Å². The fourth-order valence-electron chi connectivity index (χ4n) is 1.89. The molecule has 0 aliphatic carbocycles. The van der Waals surface area contributed by atoms with Crippen LogP contribution in [0.2, 0.25) is 5.02 Å². The van der Waals surface area contributed by atoms with Gasteiger partial charge in [0.05, 0.1) is 17.6 Å². The first kappa shape index (κ1) is 14.4. The second-order valence-corrected chi connectivity index (χ2v) is 4.90. The van der Waals surface area contributed by atoms with Crippen molar-refractivity contribution in [2.75, 3.05) is 5.43 Å². The number of nitrogens with zero attached hydrogens (tertiary/aromatic N) is 2. The Kier molecular flexibility index (Phi) is 4.60. The molecule has 7 heteroatoms. The predicted molar refractivity (Wildman–Crippen MR) is 78.4 cm³/mol. The van der Waals surface area contributed by atoms with Crippen molar-refractivity contribution in [2.45, 2.75) is 19.5 Å². The quantitative estimate of drug-likeness (QED) is 0.578. The van der Waals surface area contributed by atoms with Crippen molar-refractivity contribution in [2.24, 2.45) is 5.84 Å². The Morgan fingerprint density at radius 3 is 3.00 bits per heavy atom. The van der Waals surface area contributed by atoms with E-state index >= 15 is 0 Å². The highest BCUT2D eigenvalue weighted by Crippen LogP contribution is 2.19. The molecule has 4 N–H and O–H groups in total. The van der Waals surface area contributed by atoms with E-state index in [1.165, 1.54) is 0 Å². The lowest BCUT2D eigenvalue weighted by molar-refractivity contribution is 0.0937. The monoisotopic (exact) mass is 293 g/mol. The van der Waals surface area contributed by atoms with Gasteiger partial charge in [-0.2, -0.15) is 0 Å². The fourth-order valence-corrected chi connectivity index (χ4v) is 2.06. The smallest absolute Gasteiger partial charge is 0.253 e. The summed E-state index contributed by atoms with van der Waals surface area (Å²) in [5, 5.41) is 3.38. The summed E-state index contributed by atoms with van der Waals surface area (Å²) in [7, 11) is 0. The maximum absolute atomic E-state index is 12.2. The molecule has 0 spiro atoms. The molecule has 2 rings (SSSR count). The molecule has 1 aromatic carbocycles. The SMILES string of the molecule is CC(Cn1ccnc1)NC(=O)c1cc(Cl)ccc1NN. The minimum atomic E-state index is -0.229. The van der Waals surface area contributed by atoms with Crippen LogP contribution in [0.25, 0.3) is 0 Å². The number of nitrogens with one attached hydrogen (secondary N) is 2. The van der Waals surface area contributed by atoms with Crippen molar-refractivity contribution in [1.82, 2.24) is 14.9 Å². The molecule has 6 nitrogen and oxygen atoms in total. The number of nitrogen functional groups attached to an aromatic ring is 1. The van der Waals surface area contributed by atoms with Crippen LogP contribution >= 0.6 is 11.6 Å². The molecule has 0 fully saturated rings. The number of anilines is 1. The molecule has 2 aromatic rings. The number of carbonyl (C=O) groups is 1. The maximum atomic E-state index is 12.2. The summed E-state index contributed by atoms with van der Waals surface area (Å²) >= 11 is 5.91. The number of carbonyl (C=O) groups excluding carboxylic acids is 1. The third-order valence-electron chi connectivity index (χ3n) is 2.80. The van der Waals surface area contributed by atoms with E-state index in [1.54, 1.807) is 30.7 Å². The number of nitrogens with two attached hydrogens (primary N) is 1. The summed E-state index contributed by atoms with van der Waals surface area (Å²) in [5.41, 5.74) is 3.43. The first-order valence-electron chi connectivity index (χ1n) is 6.13. The summed E-state index contributed by atoms with van der Waals surface area (Å²) in [4.78, 5) is 16.2. The van der Waals surface area contributed by atoms with E-state index in [0.29, 0.717) is 22.8 Å². The van der Waals surface area contributed by atoms with Crippen LogP contribution in [0.3, 0.4) is 0 Å². The van der Waals surface area contributed by atoms with Gasteiger partial charge in [-0.05, 0) is 25.1 Å². The lowest BCUT2D eigenvalue weighted by atomic mass is 10.1. The van der Waals surface area contributed by atoms with Crippen LogP contribution in [0.4, 0.5) is 5.69 Å². The van der Waals surface area contributed by atoms with Crippen molar-refractivity contribution < 1.29 is 4.79 Å². The molecule has 0 bridgehead atoms. The molecule has 106 valence electrons. The molecule has 0 aliphatic rings. The minimum absolute atomic E-state index is 0.0543. The van der Waals surface area contributed by atoms with Gasteiger partial charge >= 0.3 is 0 Å². The molecule has 20 heavy (non-hydrogen) atoms. The average Bonchev–Trinajstić information content (AvgIpc) is 2.91. The molecule has 0 radical (unpaired) electrons. The Balaban J connectivity index is 2.06. The lowest BCUT2D eigenvalue weighted by Gasteiger charge is -2.16. The summed E-state index contributed by atoms with van der Waals surface area (Å²) in [5.74, 6) is 5.16. The van der Waals surface area contributed by atoms with Crippen LogP contribution in [0.5, 0.6) is 0 Å². The van der Waals surface area contributed by atoms with E-state index in [4.69, 9.17) is 17.4 Å². The molecule has 1 heterocycles. The van der Waals surface area contributed by atoms with Gasteiger partial charge in [0.25, 0.3) is 5.91 Å². The van der Waals surface area contributed by atoms with E-state index in [1.807, 2.05) is 17.7 Å². The molecule has 1 aromatic heterocycles. The minimum Gasteiger partial charge on any atom is -0.348 e.